The molecule has 0 spiro atoms. The van der Waals surface area contributed by atoms with Gasteiger partial charge in [-0.15, -0.1) is 0 Å². The van der Waals surface area contributed by atoms with Crippen LogP contribution in [0.5, 0.6) is 0 Å². The van der Waals surface area contributed by atoms with Gasteiger partial charge >= 0.3 is 0 Å². The van der Waals surface area contributed by atoms with Crippen LogP contribution in [-0.4, -0.2) is 44.2 Å². The van der Waals surface area contributed by atoms with Crippen LogP contribution in [-0.2, 0) is 14.8 Å². The molecule has 2 aliphatic heterocycles. The highest BCUT2D eigenvalue weighted by molar-refractivity contribution is 7.90. The zero-order valence-electron chi connectivity index (χ0n) is 17.7. The second kappa shape index (κ2) is 8.34. The maximum atomic E-state index is 12.6. The van der Waals surface area contributed by atoms with Gasteiger partial charge in [-0.3, -0.25) is 9.59 Å². The van der Waals surface area contributed by atoms with Gasteiger partial charge in [0.05, 0.1) is 11.6 Å². The number of hydrogen-bond acceptors (Lipinski definition) is 5. The molecule has 2 atom stereocenters. The van der Waals surface area contributed by atoms with Crippen molar-refractivity contribution in [3.05, 3.63) is 59.7 Å². The molecule has 0 aromatic heterocycles. The smallest absolute Gasteiger partial charge is 0.269 e. The summed E-state index contributed by atoms with van der Waals surface area (Å²) in [6.07, 6.45) is 2.45. The minimum absolute atomic E-state index is 0.0523. The number of amides is 2. The normalized spacial score (nSPS) is 21.0. The highest BCUT2D eigenvalue weighted by atomic mass is 32.2. The van der Waals surface area contributed by atoms with E-state index in [1.54, 1.807) is 12.1 Å². The summed E-state index contributed by atoms with van der Waals surface area (Å²) in [7, 11) is -4.00. The summed E-state index contributed by atoms with van der Waals surface area (Å²) < 4.78 is 25.9. The molecule has 2 aromatic carbocycles. The molecule has 1 saturated heterocycles. The van der Waals surface area contributed by atoms with Crippen LogP contribution < -0.4 is 10.2 Å². The fraction of sp³-hybridized carbons (Fsp3) is 0.391. The number of nitrogens with one attached hydrogen (secondary N) is 1. The van der Waals surface area contributed by atoms with E-state index in [0.29, 0.717) is 10.2 Å². The lowest BCUT2D eigenvalue weighted by Crippen LogP contribution is -2.41. The summed E-state index contributed by atoms with van der Waals surface area (Å²) in [5.41, 5.74) is 2.19. The average Bonchev–Trinajstić information content (AvgIpc) is 2.95. The Bertz CT molecular complexity index is 1100. The fourth-order valence-corrected chi connectivity index (χ4v) is 5.81. The number of carbonyl (C=O) groups excluding carboxylic acids is 2. The van der Waals surface area contributed by atoms with Crippen LogP contribution >= 0.6 is 0 Å². The van der Waals surface area contributed by atoms with Crippen LogP contribution in [0.3, 0.4) is 0 Å². The number of carbonyl (C=O) groups is 2. The number of fused-ring (bicyclic) bond motifs is 1. The number of hydrogen-bond donors (Lipinski definition) is 1. The molecule has 164 valence electrons. The van der Waals surface area contributed by atoms with Crippen molar-refractivity contribution in [1.29, 1.82) is 0 Å². The van der Waals surface area contributed by atoms with Crippen LogP contribution in [0.25, 0.3) is 0 Å². The number of rotatable bonds is 5. The van der Waals surface area contributed by atoms with Crippen LogP contribution in [0.2, 0.25) is 0 Å². The Balaban J connectivity index is 1.40. The zero-order chi connectivity index (χ0) is 22.2. The number of anilines is 1. The summed E-state index contributed by atoms with van der Waals surface area (Å²) in [4.78, 5) is 27.3. The van der Waals surface area contributed by atoms with Crippen LogP contribution in [0.1, 0.15) is 48.7 Å². The van der Waals surface area contributed by atoms with Crippen molar-refractivity contribution in [2.24, 2.45) is 5.92 Å². The van der Waals surface area contributed by atoms with Gasteiger partial charge in [-0.05, 0) is 55.5 Å². The summed E-state index contributed by atoms with van der Waals surface area (Å²) >= 11 is 0. The molecular weight excluding hydrogens is 414 g/mol. The molecule has 0 aliphatic carbocycles. The van der Waals surface area contributed by atoms with E-state index >= 15 is 0 Å². The third kappa shape index (κ3) is 4.17. The highest BCUT2D eigenvalue weighted by Crippen LogP contribution is 2.30. The second-order valence-electron chi connectivity index (χ2n) is 8.39. The molecule has 0 saturated carbocycles. The Morgan fingerprint density at radius 3 is 2.55 bits per heavy atom. The monoisotopic (exact) mass is 441 g/mol. The maximum Gasteiger partial charge on any atom is 0.269 e. The molecule has 2 heterocycles. The molecule has 1 N–H and O–H groups in total. The fourth-order valence-electron chi connectivity index (χ4n) is 4.29. The van der Waals surface area contributed by atoms with Gasteiger partial charge in [-0.25, -0.2) is 12.7 Å². The Labute approximate surface area is 183 Å². The van der Waals surface area contributed by atoms with Gasteiger partial charge in [0.1, 0.15) is 11.4 Å². The quantitative estimate of drug-likeness (QED) is 0.771. The van der Waals surface area contributed by atoms with Gasteiger partial charge in [0.25, 0.3) is 15.9 Å². The molecular formula is C23H27N3O4S. The first kappa shape index (κ1) is 21.4. The Hall–Kier alpha value is -2.87. The van der Waals surface area contributed by atoms with Crippen LogP contribution in [0, 0.1) is 5.92 Å². The van der Waals surface area contributed by atoms with Gasteiger partial charge in [0.15, 0.2) is 0 Å². The first-order valence-electron chi connectivity index (χ1n) is 10.6. The van der Waals surface area contributed by atoms with Crippen molar-refractivity contribution >= 4 is 27.5 Å². The summed E-state index contributed by atoms with van der Waals surface area (Å²) in [6, 6.07) is 13.8. The third-order valence-electron chi connectivity index (χ3n) is 5.99. The van der Waals surface area contributed by atoms with Crippen molar-refractivity contribution in [3.8, 4) is 0 Å². The van der Waals surface area contributed by atoms with E-state index in [1.807, 2.05) is 19.1 Å². The van der Waals surface area contributed by atoms with Gasteiger partial charge in [-0.2, -0.15) is 0 Å². The molecule has 8 heteroatoms. The molecule has 2 aromatic rings. The molecule has 2 amide bonds. The molecule has 31 heavy (non-hydrogen) atoms. The van der Waals surface area contributed by atoms with Crippen molar-refractivity contribution in [1.82, 2.24) is 9.62 Å². The molecule has 0 bridgehead atoms. The van der Waals surface area contributed by atoms with E-state index in [0.717, 1.165) is 18.7 Å². The van der Waals surface area contributed by atoms with Gasteiger partial charge in [0.2, 0.25) is 5.91 Å². The van der Waals surface area contributed by atoms with E-state index in [-0.39, 0.29) is 16.5 Å². The number of piperidine rings is 1. The largest absolute Gasteiger partial charge is 0.371 e. The molecule has 1 fully saturated rings. The van der Waals surface area contributed by atoms with Crippen LogP contribution in [0.4, 0.5) is 5.69 Å². The number of sulfonamides is 1. The van der Waals surface area contributed by atoms with Gasteiger partial charge in [-0.1, -0.05) is 31.2 Å². The highest BCUT2D eigenvalue weighted by Gasteiger charge is 2.41. The summed E-state index contributed by atoms with van der Waals surface area (Å²) in [6.45, 7) is 5.67. The van der Waals surface area contributed by atoms with E-state index in [2.05, 4.69) is 29.3 Å². The lowest BCUT2D eigenvalue weighted by atomic mass is 9.99. The third-order valence-corrected chi connectivity index (χ3v) is 7.78. The molecule has 4 rings (SSSR count). The number of benzene rings is 2. The van der Waals surface area contributed by atoms with E-state index in [4.69, 9.17) is 0 Å². The predicted octanol–water partition coefficient (Wildman–Crippen LogP) is 2.94. The van der Waals surface area contributed by atoms with Crippen molar-refractivity contribution < 1.29 is 18.0 Å². The SMILES string of the molecule is C[C@H]1CCCN(c2ccc([C@H](C)NC(=O)CN3C(=O)c4ccccc4S3(=O)=O)cc2)C1. The first-order valence-corrected chi connectivity index (χ1v) is 12.0. The predicted molar refractivity (Wildman–Crippen MR) is 118 cm³/mol. The van der Waals surface area contributed by atoms with Crippen molar-refractivity contribution in [2.75, 3.05) is 24.5 Å². The summed E-state index contributed by atoms with van der Waals surface area (Å²) in [5.74, 6) is -0.507. The van der Waals surface area contributed by atoms with E-state index < -0.39 is 28.4 Å². The maximum absolute atomic E-state index is 12.6. The minimum atomic E-state index is -4.00. The molecule has 2 aliphatic rings. The molecule has 0 radical (unpaired) electrons. The lowest BCUT2D eigenvalue weighted by Gasteiger charge is -2.33. The summed E-state index contributed by atoms with van der Waals surface area (Å²) in [5, 5.41) is 2.80. The van der Waals surface area contributed by atoms with Gasteiger partial charge < -0.3 is 10.2 Å². The molecule has 0 unspecified atom stereocenters. The van der Waals surface area contributed by atoms with E-state index in [1.165, 1.54) is 30.7 Å². The molecule has 7 nitrogen and oxygen atoms in total. The lowest BCUT2D eigenvalue weighted by molar-refractivity contribution is -0.121. The second-order valence-corrected chi connectivity index (χ2v) is 10.2. The van der Waals surface area contributed by atoms with Crippen LogP contribution in [0.15, 0.2) is 53.4 Å². The standard InChI is InChI=1S/C23H27N3O4S/c1-16-6-5-13-25(14-16)19-11-9-18(10-12-19)17(2)24-22(27)15-26-23(28)20-7-3-4-8-21(20)31(26,29)30/h3-4,7-12,16-17H,5-6,13-15H2,1-2H3,(H,24,27)/t16-,17-/m0/s1. The number of nitrogens with zero attached hydrogens (tertiary/aromatic N) is 2. The Morgan fingerprint density at radius 1 is 1.16 bits per heavy atom. The Morgan fingerprint density at radius 2 is 1.87 bits per heavy atom. The zero-order valence-corrected chi connectivity index (χ0v) is 18.6. The van der Waals surface area contributed by atoms with Crippen molar-refractivity contribution in [2.45, 2.75) is 37.6 Å². The van der Waals surface area contributed by atoms with Gasteiger partial charge in [0, 0.05) is 18.8 Å². The van der Waals surface area contributed by atoms with Crippen molar-refractivity contribution in [3.63, 3.8) is 0 Å². The first-order chi connectivity index (χ1) is 14.8. The average molecular weight is 442 g/mol. The van der Waals surface area contributed by atoms with E-state index in [9.17, 15) is 18.0 Å². The topological polar surface area (TPSA) is 86.8 Å². The Kier molecular flexibility index (Phi) is 5.75. The minimum Gasteiger partial charge on any atom is -0.371 e.